The molecule has 2 aliphatic rings. The van der Waals surface area contributed by atoms with Crippen LogP contribution in [0.1, 0.15) is 19.2 Å². The molecule has 1 atom stereocenters. The van der Waals surface area contributed by atoms with Crippen molar-refractivity contribution in [2.75, 3.05) is 57.8 Å². The number of aromatic nitrogens is 2. The molecule has 0 N–H and O–H groups in total. The Kier molecular flexibility index (Phi) is 6.18. The van der Waals surface area contributed by atoms with Gasteiger partial charge in [-0.2, -0.15) is 0 Å². The second-order valence-corrected chi connectivity index (χ2v) is 9.31. The van der Waals surface area contributed by atoms with E-state index in [4.69, 9.17) is 14.7 Å². The van der Waals surface area contributed by atoms with E-state index in [0.717, 1.165) is 36.1 Å². The standard InChI is InChI=1S/C24H31N5OS/c1-3-27-11-13-28(14-12-27)19-9-10-29(15-19)23-22-20(18-7-5-4-6-8-18)17-31-24(22)26-21(25-23)16-30-2/h4-8,17,19H,3,9-16H2,1-2H3. The molecule has 7 heteroatoms. The fourth-order valence-electron chi connectivity index (χ4n) is 4.90. The number of piperazine rings is 1. The maximum absolute atomic E-state index is 5.37. The van der Waals surface area contributed by atoms with Gasteiger partial charge in [0.1, 0.15) is 17.3 Å². The molecule has 3 aromatic rings. The molecule has 31 heavy (non-hydrogen) atoms. The average molecular weight is 438 g/mol. The molecule has 2 aliphatic heterocycles. The minimum absolute atomic E-state index is 0.442. The molecule has 1 unspecified atom stereocenters. The van der Waals surface area contributed by atoms with Crippen molar-refractivity contribution in [1.29, 1.82) is 0 Å². The van der Waals surface area contributed by atoms with Crippen molar-refractivity contribution in [3.63, 3.8) is 0 Å². The Balaban J connectivity index is 1.46. The number of anilines is 1. The van der Waals surface area contributed by atoms with E-state index < -0.39 is 0 Å². The highest BCUT2D eigenvalue weighted by Gasteiger charge is 2.32. The summed E-state index contributed by atoms with van der Waals surface area (Å²) in [5.74, 6) is 1.85. The van der Waals surface area contributed by atoms with E-state index in [1.54, 1.807) is 18.4 Å². The van der Waals surface area contributed by atoms with Crippen LogP contribution in [0, 0.1) is 0 Å². The second kappa shape index (κ2) is 9.20. The van der Waals surface area contributed by atoms with Crippen LogP contribution < -0.4 is 4.90 Å². The lowest BCUT2D eigenvalue weighted by Gasteiger charge is -2.37. The molecule has 2 aromatic heterocycles. The molecule has 0 spiro atoms. The van der Waals surface area contributed by atoms with Crippen LogP contribution in [0.15, 0.2) is 35.7 Å². The molecule has 5 rings (SSSR count). The summed E-state index contributed by atoms with van der Waals surface area (Å²) in [5.41, 5.74) is 2.46. The Morgan fingerprint density at radius 1 is 1.06 bits per heavy atom. The lowest BCUT2D eigenvalue weighted by Crippen LogP contribution is -2.50. The number of likely N-dealkylation sites (N-methyl/N-ethyl adjacent to an activating group) is 1. The van der Waals surface area contributed by atoms with Crippen molar-refractivity contribution in [1.82, 2.24) is 19.8 Å². The first kappa shape index (κ1) is 20.8. The van der Waals surface area contributed by atoms with E-state index in [-0.39, 0.29) is 0 Å². The van der Waals surface area contributed by atoms with Crippen LogP contribution in [0.25, 0.3) is 21.3 Å². The summed E-state index contributed by atoms with van der Waals surface area (Å²) in [6.07, 6.45) is 1.20. The van der Waals surface area contributed by atoms with Crippen LogP contribution in [0.5, 0.6) is 0 Å². The van der Waals surface area contributed by atoms with Gasteiger partial charge in [-0.25, -0.2) is 9.97 Å². The van der Waals surface area contributed by atoms with Crippen LogP contribution in [-0.2, 0) is 11.3 Å². The highest BCUT2D eigenvalue weighted by Crippen LogP contribution is 2.39. The molecule has 2 saturated heterocycles. The van der Waals surface area contributed by atoms with Gasteiger partial charge in [-0.05, 0) is 18.5 Å². The number of rotatable bonds is 6. The average Bonchev–Trinajstić information content (AvgIpc) is 3.47. The summed E-state index contributed by atoms with van der Waals surface area (Å²) >= 11 is 1.70. The fraction of sp³-hybridized carbons (Fsp3) is 0.500. The van der Waals surface area contributed by atoms with Gasteiger partial charge in [-0.1, -0.05) is 37.3 Å². The van der Waals surface area contributed by atoms with Gasteiger partial charge in [0, 0.05) is 63.4 Å². The first-order chi connectivity index (χ1) is 15.3. The van der Waals surface area contributed by atoms with Crippen molar-refractivity contribution in [3.8, 4) is 11.1 Å². The number of hydrogen-bond donors (Lipinski definition) is 0. The van der Waals surface area contributed by atoms with Crippen LogP contribution in [0.4, 0.5) is 5.82 Å². The van der Waals surface area contributed by atoms with Crippen molar-refractivity contribution < 1.29 is 4.74 Å². The number of hydrogen-bond acceptors (Lipinski definition) is 7. The normalized spacial score (nSPS) is 20.7. The maximum atomic E-state index is 5.37. The number of fused-ring (bicyclic) bond motifs is 1. The number of thiophene rings is 1. The molecular weight excluding hydrogens is 406 g/mol. The molecule has 0 aliphatic carbocycles. The zero-order valence-corrected chi connectivity index (χ0v) is 19.3. The van der Waals surface area contributed by atoms with Gasteiger partial charge in [0.05, 0.1) is 5.39 Å². The number of benzene rings is 1. The summed E-state index contributed by atoms with van der Waals surface area (Å²) < 4.78 is 5.37. The minimum Gasteiger partial charge on any atom is -0.377 e. The zero-order chi connectivity index (χ0) is 21.2. The van der Waals surface area contributed by atoms with Gasteiger partial charge < -0.3 is 14.5 Å². The highest BCUT2D eigenvalue weighted by atomic mass is 32.1. The predicted octanol–water partition coefficient (Wildman–Crippen LogP) is 3.72. The first-order valence-electron chi connectivity index (χ1n) is 11.3. The van der Waals surface area contributed by atoms with Crippen molar-refractivity contribution in [2.45, 2.75) is 26.0 Å². The Hall–Kier alpha value is -2.06. The van der Waals surface area contributed by atoms with Gasteiger partial charge >= 0.3 is 0 Å². The Morgan fingerprint density at radius 2 is 1.87 bits per heavy atom. The third kappa shape index (κ3) is 4.20. The molecule has 164 valence electrons. The molecule has 0 saturated carbocycles. The number of nitrogens with zero attached hydrogens (tertiary/aromatic N) is 5. The Labute approximate surface area is 188 Å². The van der Waals surface area contributed by atoms with Crippen molar-refractivity contribution >= 4 is 27.4 Å². The SMILES string of the molecule is CCN1CCN(C2CCN(c3nc(COC)nc4scc(-c5ccccc5)c34)C2)CC1. The molecular formula is C24H31N5OS. The maximum Gasteiger partial charge on any atom is 0.158 e. The lowest BCUT2D eigenvalue weighted by atomic mass is 10.1. The molecule has 2 fully saturated rings. The van der Waals surface area contributed by atoms with Crippen LogP contribution >= 0.6 is 11.3 Å². The summed E-state index contributed by atoms with van der Waals surface area (Å²) in [5, 5.41) is 3.42. The van der Waals surface area contributed by atoms with E-state index in [1.807, 2.05) is 0 Å². The number of methoxy groups -OCH3 is 1. The molecule has 0 radical (unpaired) electrons. The summed E-state index contributed by atoms with van der Waals surface area (Å²) in [6.45, 7) is 10.7. The van der Waals surface area contributed by atoms with Crippen LogP contribution in [-0.4, -0.2) is 78.7 Å². The monoisotopic (exact) mass is 437 g/mol. The molecule has 0 amide bonds. The van der Waals surface area contributed by atoms with E-state index in [0.29, 0.717) is 12.6 Å². The summed E-state index contributed by atoms with van der Waals surface area (Å²) in [4.78, 5) is 18.6. The third-order valence-corrected chi connectivity index (χ3v) is 7.52. The smallest absolute Gasteiger partial charge is 0.158 e. The van der Waals surface area contributed by atoms with E-state index >= 15 is 0 Å². The second-order valence-electron chi connectivity index (χ2n) is 8.45. The van der Waals surface area contributed by atoms with Gasteiger partial charge in [-0.15, -0.1) is 11.3 Å². The predicted molar refractivity (Wildman–Crippen MR) is 128 cm³/mol. The fourth-order valence-corrected chi connectivity index (χ4v) is 5.86. The van der Waals surface area contributed by atoms with E-state index in [9.17, 15) is 0 Å². The Morgan fingerprint density at radius 3 is 2.61 bits per heavy atom. The molecule has 1 aromatic carbocycles. The van der Waals surface area contributed by atoms with Crippen LogP contribution in [0.2, 0.25) is 0 Å². The lowest BCUT2D eigenvalue weighted by molar-refractivity contribution is 0.107. The van der Waals surface area contributed by atoms with E-state index in [1.165, 1.54) is 49.1 Å². The van der Waals surface area contributed by atoms with Crippen LogP contribution in [0.3, 0.4) is 0 Å². The van der Waals surface area contributed by atoms with Gasteiger partial charge in [0.2, 0.25) is 0 Å². The zero-order valence-electron chi connectivity index (χ0n) is 18.5. The largest absolute Gasteiger partial charge is 0.377 e. The quantitative estimate of drug-likeness (QED) is 0.586. The summed E-state index contributed by atoms with van der Waals surface area (Å²) in [7, 11) is 1.71. The van der Waals surface area contributed by atoms with Crippen molar-refractivity contribution in [2.24, 2.45) is 0 Å². The summed E-state index contributed by atoms with van der Waals surface area (Å²) in [6, 6.07) is 11.2. The molecule has 6 nitrogen and oxygen atoms in total. The highest BCUT2D eigenvalue weighted by molar-refractivity contribution is 7.17. The molecule has 0 bridgehead atoms. The number of ether oxygens (including phenoxy) is 1. The molecule has 4 heterocycles. The Bertz CT molecular complexity index is 1020. The third-order valence-electron chi connectivity index (χ3n) is 6.65. The van der Waals surface area contributed by atoms with Crippen molar-refractivity contribution in [3.05, 3.63) is 41.5 Å². The topological polar surface area (TPSA) is 44.7 Å². The van der Waals surface area contributed by atoms with Gasteiger partial charge in [0.15, 0.2) is 5.82 Å². The van der Waals surface area contributed by atoms with E-state index in [2.05, 4.69) is 57.3 Å². The van der Waals surface area contributed by atoms with Gasteiger partial charge in [0.25, 0.3) is 0 Å². The first-order valence-corrected chi connectivity index (χ1v) is 12.2. The minimum atomic E-state index is 0.442. The van der Waals surface area contributed by atoms with Gasteiger partial charge in [-0.3, -0.25) is 4.90 Å².